The molecule has 0 saturated carbocycles. The second-order valence-corrected chi connectivity index (χ2v) is 20.1. The lowest BCUT2D eigenvalue weighted by Crippen LogP contribution is -2.26. The molecule has 2 heteroatoms. The monoisotopic (exact) mass is 968 g/mol. The molecule has 14 rings (SSSR count). The maximum atomic E-state index is 2.49. The first-order chi connectivity index (χ1) is 37.6. The zero-order chi connectivity index (χ0) is 50.6. The SMILES string of the molecule is Cc1cccc(-c2ccc(N(c3ccc(-c4ccccc4)cc3)c3ccc4c(c3)C3(c5ccccc5-c5ccccc53)c3cc(N(c5ccccc5)c5ccc(-c6ccc(-c7ccccc7)cc6)cc5)ccc3-4)cc2)c1. The van der Waals surface area contributed by atoms with Gasteiger partial charge in [-0.25, -0.2) is 0 Å². The fourth-order valence-electron chi connectivity index (χ4n) is 12.2. The lowest BCUT2D eigenvalue weighted by Gasteiger charge is -2.33. The van der Waals surface area contributed by atoms with Crippen molar-refractivity contribution in [2.75, 3.05) is 9.80 Å². The van der Waals surface area contributed by atoms with Crippen LogP contribution in [0.2, 0.25) is 0 Å². The van der Waals surface area contributed by atoms with Crippen LogP contribution in [0, 0.1) is 6.92 Å². The van der Waals surface area contributed by atoms with Crippen molar-refractivity contribution < 1.29 is 0 Å². The Morgan fingerprint density at radius 2 is 0.513 bits per heavy atom. The Kier molecular flexibility index (Phi) is 11.0. The van der Waals surface area contributed by atoms with E-state index in [0.717, 1.165) is 34.1 Å². The fourth-order valence-corrected chi connectivity index (χ4v) is 12.2. The minimum atomic E-state index is -0.597. The summed E-state index contributed by atoms with van der Waals surface area (Å²) in [5, 5.41) is 0. The van der Waals surface area contributed by atoms with Crippen molar-refractivity contribution in [2.45, 2.75) is 12.3 Å². The van der Waals surface area contributed by atoms with E-state index < -0.39 is 5.41 Å². The van der Waals surface area contributed by atoms with E-state index in [4.69, 9.17) is 0 Å². The van der Waals surface area contributed by atoms with Gasteiger partial charge >= 0.3 is 0 Å². The second-order valence-electron chi connectivity index (χ2n) is 20.1. The highest BCUT2D eigenvalue weighted by atomic mass is 15.1. The minimum Gasteiger partial charge on any atom is -0.310 e. The number of anilines is 6. The molecular weight excluding hydrogens is 917 g/mol. The van der Waals surface area contributed by atoms with Gasteiger partial charge in [0.1, 0.15) is 0 Å². The molecular formula is C74H52N2. The number of fused-ring (bicyclic) bond motifs is 10. The summed E-state index contributed by atoms with van der Waals surface area (Å²) in [6.45, 7) is 2.16. The molecule has 0 atom stereocenters. The number of benzene rings is 12. The van der Waals surface area contributed by atoms with Crippen LogP contribution in [0.5, 0.6) is 0 Å². The van der Waals surface area contributed by atoms with Crippen LogP contribution in [0.1, 0.15) is 27.8 Å². The van der Waals surface area contributed by atoms with Gasteiger partial charge in [0.25, 0.3) is 0 Å². The molecule has 12 aromatic rings. The molecule has 0 radical (unpaired) electrons. The number of para-hydroxylation sites is 1. The molecule has 0 fully saturated rings. The predicted molar refractivity (Wildman–Crippen MR) is 319 cm³/mol. The Balaban J connectivity index is 0.921. The number of aryl methyl sites for hydroxylation is 1. The third kappa shape index (κ3) is 7.57. The normalized spacial score (nSPS) is 12.4. The van der Waals surface area contributed by atoms with Crippen LogP contribution in [0.3, 0.4) is 0 Å². The van der Waals surface area contributed by atoms with E-state index in [-0.39, 0.29) is 0 Å². The van der Waals surface area contributed by atoms with E-state index in [1.54, 1.807) is 0 Å². The number of nitrogens with zero attached hydrogens (tertiary/aromatic N) is 2. The fraction of sp³-hybridized carbons (Fsp3) is 0.0270. The average Bonchev–Trinajstić information content (AvgIpc) is 4.02. The summed E-state index contributed by atoms with van der Waals surface area (Å²) in [7, 11) is 0. The average molecular weight is 969 g/mol. The lowest BCUT2D eigenvalue weighted by atomic mass is 9.70. The molecule has 1 spiro atoms. The molecule has 0 aliphatic heterocycles. The van der Waals surface area contributed by atoms with Crippen molar-refractivity contribution in [3.8, 4) is 66.8 Å². The van der Waals surface area contributed by atoms with Gasteiger partial charge in [0.2, 0.25) is 0 Å². The molecule has 0 saturated heterocycles. The van der Waals surface area contributed by atoms with Gasteiger partial charge in [0.05, 0.1) is 5.41 Å². The molecule has 0 N–H and O–H groups in total. The van der Waals surface area contributed by atoms with Gasteiger partial charge in [0.15, 0.2) is 0 Å². The van der Waals surface area contributed by atoms with Crippen molar-refractivity contribution in [1.29, 1.82) is 0 Å². The van der Waals surface area contributed by atoms with Crippen LogP contribution in [-0.4, -0.2) is 0 Å². The number of hydrogen-bond donors (Lipinski definition) is 0. The third-order valence-electron chi connectivity index (χ3n) is 15.7. The molecule has 0 heterocycles. The summed E-state index contributed by atoms with van der Waals surface area (Å²) >= 11 is 0. The van der Waals surface area contributed by atoms with Crippen LogP contribution in [-0.2, 0) is 5.41 Å². The van der Waals surface area contributed by atoms with Crippen molar-refractivity contribution >= 4 is 34.1 Å². The summed E-state index contributed by atoms with van der Waals surface area (Å²) in [6.07, 6.45) is 0. The summed E-state index contributed by atoms with van der Waals surface area (Å²) in [4.78, 5) is 4.85. The molecule has 0 bridgehead atoms. The van der Waals surface area contributed by atoms with Crippen molar-refractivity contribution in [2.24, 2.45) is 0 Å². The molecule has 2 aliphatic rings. The molecule has 0 amide bonds. The molecule has 0 aromatic heterocycles. The second kappa shape index (κ2) is 18.6. The lowest BCUT2D eigenvalue weighted by molar-refractivity contribution is 0.793. The molecule has 76 heavy (non-hydrogen) atoms. The van der Waals surface area contributed by atoms with Gasteiger partial charge in [-0.2, -0.15) is 0 Å². The third-order valence-corrected chi connectivity index (χ3v) is 15.7. The highest BCUT2D eigenvalue weighted by Gasteiger charge is 2.52. The summed E-state index contributed by atoms with van der Waals surface area (Å²) in [5.74, 6) is 0. The van der Waals surface area contributed by atoms with Crippen LogP contribution in [0.4, 0.5) is 34.1 Å². The summed E-state index contributed by atoms with van der Waals surface area (Å²) < 4.78 is 0. The van der Waals surface area contributed by atoms with Gasteiger partial charge in [0, 0.05) is 34.1 Å². The maximum Gasteiger partial charge on any atom is 0.0727 e. The van der Waals surface area contributed by atoms with E-state index in [1.165, 1.54) is 94.6 Å². The van der Waals surface area contributed by atoms with Crippen LogP contribution >= 0.6 is 0 Å². The largest absolute Gasteiger partial charge is 0.310 e. The van der Waals surface area contributed by atoms with Crippen molar-refractivity contribution in [3.05, 3.63) is 325 Å². The van der Waals surface area contributed by atoms with Gasteiger partial charge in [-0.1, -0.05) is 230 Å². The highest BCUT2D eigenvalue weighted by molar-refractivity contribution is 5.98. The Hall–Kier alpha value is -9.76. The van der Waals surface area contributed by atoms with E-state index in [1.807, 2.05) is 0 Å². The molecule has 2 aliphatic carbocycles. The van der Waals surface area contributed by atoms with Crippen LogP contribution in [0.25, 0.3) is 66.8 Å². The van der Waals surface area contributed by atoms with Gasteiger partial charge < -0.3 is 9.80 Å². The first-order valence-electron chi connectivity index (χ1n) is 26.3. The van der Waals surface area contributed by atoms with E-state index >= 15 is 0 Å². The van der Waals surface area contributed by atoms with Gasteiger partial charge in [-0.05, 0) is 169 Å². The molecule has 358 valence electrons. The number of rotatable bonds is 10. The summed E-state index contributed by atoms with van der Waals surface area (Å²) in [6, 6.07) is 109. The van der Waals surface area contributed by atoms with E-state index in [2.05, 4.69) is 314 Å². The van der Waals surface area contributed by atoms with Gasteiger partial charge in [-0.15, -0.1) is 0 Å². The smallest absolute Gasteiger partial charge is 0.0727 e. The first-order valence-corrected chi connectivity index (χ1v) is 26.3. The zero-order valence-corrected chi connectivity index (χ0v) is 42.2. The van der Waals surface area contributed by atoms with Crippen molar-refractivity contribution in [1.82, 2.24) is 0 Å². The first kappa shape index (κ1) is 44.9. The minimum absolute atomic E-state index is 0.597. The Morgan fingerprint density at radius 3 is 0.934 bits per heavy atom. The summed E-state index contributed by atoms with van der Waals surface area (Å²) in [5.41, 5.74) is 27.1. The molecule has 0 unspecified atom stereocenters. The standard InChI is InChI=1S/C74H52N2/c1-51-16-15-21-59(48-51)58-36-42-63(43-37-58)76(62-38-32-56(33-39-62)53-19-7-3-8-20-53)65-45-47-69-68-46-44-64(49-72(68)74(73(69)50-65)70-26-13-11-24-66(70)67-25-12-14-27-71(67)74)75(60-22-9-4-10-23-60)61-40-34-57(35-41-61)55-30-28-54(29-31-55)52-17-5-2-6-18-52/h2-50H,1H3. The zero-order valence-electron chi connectivity index (χ0n) is 42.2. The quantitative estimate of drug-likeness (QED) is 0.135. The molecule has 2 nitrogen and oxygen atoms in total. The Bertz CT molecular complexity index is 4020. The topological polar surface area (TPSA) is 6.48 Å². The van der Waals surface area contributed by atoms with Crippen LogP contribution in [0.15, 0.2) is 297 Å². The van der Waals surface area contributed by atoms with Crippen molar-refractivity contribution in [3.63, 3.8) is 0 Å². The van der Waals surface area contributed by atoms with Crippen LogP contribution < -0.4 is 9.80 Å². The van der Waals surface area contributed by atoms with Gasteiger partial charge in [-0.3, -0.25) is 0 Å². The Morgan fingerprint density at radius 1 is 0.211 bits per heavy atom. The Labute approximate surface area is 445 Å². The van der Waals surface area contributed by atoms with E-state index in [0.29, 0.717) is 0 Å². The number of hydrogen-bond acceptors (Lipinski definition) is 2. The maximum absolute atomic E-state index is 2.49. The molecule has 12 aromatic carbocycles. The van der Waals surface area contributed by atoms with E-state index in [9.17, 15) is 0 Å². The highest BCUT2D eigenvalue weighted by Crippen LogP contribution is 2.64. The predicted octanol–water partition coefficient (Wildman–Crippen LogP) is 19.9.